The van der Waals surface area contributed by atoms with Gasteiger partial charge in [-0.2, -0.15) is 0 Å². The van der Waals surface area contributed by atoms with Gasteiger partial charge in [-0.1, -0.05) is 30.3 Å². The third kappa shape index (κ3) is 2.85. The molecule has 0 saturated carbocycles. The Balaban J connectivity index is 2.00. The highest BCUT2D eigenvalue weighted by Crippen LogP contribution is 2.13. The van der Waals surface area contributed by atoms with E-state index in [2.05, 4.69) is 17.4 Å². The number of nitrogens with zero attached hydrogens (tertiary/aromatic N) is 1. The van der Waals surface area contributed by atoms with Crippen molar-refractivity contribution in [1.82, 2.24) is 10.2 Å². The van der Waals surface area contributed by atoms with Crippen molar-refractivity contribution in [3.05, 3.63) is 47.7 Å². The zero-order chi connectivity index (χ0) is 12.3. The zero-order valence-electron chi connectivity index (χ0n) is 9.89. The molecular formula is C13H17N3O. The molecule has 3 N–H and O–H groups in total. The van der Waals surface area contributed by atoms with Crippen LogP contribution in [0.5, 0.6) is 0 Å². The van der Waals surface area contributed by atoms with Gasteiger partial charge in [0.15, 0.2) is 6.29 Å². The molecule has 1 aromatic carbocycles. The summed E-state index contributed by atoms with van der Waals surface area (Å²) >= 11 is 0. The predicted molar refractivity (Wildman–Crippen MR) is 66.7 cm³/mol. The summed E-state index contributed by atoms with van der Waals surface area (Å²) < 4.78 is 0. The van der Waals surface area contributed by atoms with Crippen LogP contribution in [0.1, 0.15) is 12.0 Å². The van der Waals surface area contributed by atoms with Gasteiger partial charge in [0.2, 0.25) is 0 Å². The molecule has 0 bridgehead atoms. The molecule has 4 nitrogen and oxygen atoms in total. The Hall–Kier alpha value is -1.81. The van der Waals surface area contributed by atoms with Crippen LogP contribution in [0.3, 0.4) is 0 Å². The highest BCUT2D eigenvalue weighted by Gasteiger charge is 2.20. The van der Waals surface area contributed by atoms with E-state index in [1.165, 1.54) is 5.56 Å². The highest BCUT2D eigenvalue weighted by atomic mass is 16.2. The molecule has 0 saturated heterocycles. The van der Waals surface area contributed by atoms with E-state index in [0.717, 1.165) is 18.4 Å². The molecule has 0 fully saturated rings. The zero-order valence-corrected chi connectivity index (χ0v) is 9.89. The SMILES string of the molecule is CN1C=C(CCc2ccccc2)C(=O)NC1N. The van der Waals surface area contributed by atoms with Crippen molar-refractivity contribution in [3.8, 4) is 0 Å². The van der Waals surface area contributed by atoms with Gasteiger partial charge in [-0.15, -0.1) is 0 Å². The molecule has 4 heteroatoms. The number of carbonyl (C=O) groups is 1. The molecule has 1 amide bonds. The Labute approximate surface area is 101 Å². The number of benzene rings is 1. The number of hydrogen-bond acceptors (Lipinski definition) is 3. The first-order valence-electron chi connectivity index (χ1n) is 5.70. The third-order valence-electron chi connectivity index (χ3n) is 2.89. The maximum absolute atomic E-state index is 11.7. The van der Waals surface area contributed by atoms with Crippen molar-refractivity contribution >= 4 is 5.91 Å². The molecule has 90 valence electrons. The summed E-state index contributed by atoms with van der Waals surface area (Å²) in [5.41, 5.74) is 7.70. The molecule has 1 aliphatic heterocycles. The van der Waals surface area contributed by atoms with E-state index in [9.17, 15) is 4.79 Å². The minimum absolute atomic E-state index is 0.0634. The number of amides is 1. The fraction of sp³-hybridized carbons (Fsp3) is 0.308. The van der Waals surface area contributed by atoms with Crippen LogP contribution in [0.2, 0.25) is 0 Å². The third-order valence-corrected chi connectivity index (χ3v) is 2.89. The Kier molecular flexibility index (Phi) is 3.44. The first-order valence-corrected chi connectivity index (χ1v) is 5.70. The lowest BCUT2D eigenvalue weighted by Crippen LogP contribution is -2.54. The van der Waals surface area contributed by atoms with Crippen molar-refractivity contribution in [2.24, 2.45) is 5.73 Å². The number of nitrogens with one attached hydrogen (secondary N) is 1. The van der Waals surface area contributed by atoms with Gasteiger partial charge >= 0.3 is 0 Å². The maximum atomic E-state index is 11.7. The second-order valence-corrected chi connectivity index (χ2v) is 4.22. The quantitative estimate of drug-likeness (QED) is 0.809. The van der Waals surface area contributed by atoms with Gasteiger partial charge in [0, 0.05) is 18.8 Å². The molecular weight excluding hydrogens is 214 g/mol. The minimum Gasteiger partial charge on any atom is -0.348 e. The first-order chi connectivity index (χ1) is 8.16. The van der Waals surface area contributed by atoms with Crippen LogP contribution in [-0.4, -0.2) is 24.1 Å². The summed E-state index contributed by atoms with van der Waals surface area (Å²) in [6.07, 6.45) is 3.01. The molecule has 0 spiro atoms. The van der Waals surface area contributed by atoms with Crippen molar-refractivity contribution in [3.63, 3.8) is 0 Å². The average Bonchev–Trinajstić information content (AvgIpc) is 2.33. The average molecular weight is 231 g/mol. The summed E-state index contributed by atoms with van der Waals surface area (Å²) in [5.74, 6) is -0.0634. The molecule has 0 aliphatic carbocycles. The second-order valence-electron chi connectivity index (χ2n) is 4.22. The molecule has 2 rings (SSSR count). The van der Waals surface area contributed by atoms with Crippen LogP contribution in [0.25, 0.3) is 0 Å². The largest absolute Gasteiger partial charge is 0.348 e. The molecule has 0 radical (unpaired) electrons. The van der Waals surface area contributed by atoms with Crippen LogP contribution >= 0.6 is 0 Å². The summed E-state index contributed by atoms with van der Waals surface area (Å²) in [6.45, 7) is 0. The van der Waals surface area contributed by atoms with E-state index >= 15 is 0 Å². The van der Waals surface area contributed by atoms with Gasteiger partial charge in [0.1, 0.15) is 0 Å². The Morgan fingerprint density at radius 1 is 1.29 bits per heavy atom. The standard InChI is InChI=1S/C13H17N3O/c1-16-9-11(12(17)15-13(16)14)8-7-10-5-3-2-4-6-10/h2-6,9,13H,7-8,14H2,1H3,(H,15,17). The Morgan fingerprint density at radius 2 is 2.00 bits per heavy atom. The van der Waals surface area contributed by atoms with Gasteiger partial charge in [-0.05, 0) is 18.4 Å². The highest BCUT2D eigenvalue weighted by molar-refractivity contribution is 5.94. The van der Waals surface area contributed by atoms with Crippen LogP contribution in [-0.2, 0) is 11.2 Å². The monoisotopic (exact) mass is 231 g/mol. The van der Waals surface area contributed by atoms with Crippen molar-refractivity contribution in [2.45, 2.75) is 19.1 Å². The van der Waals surface area contributed by atoms with Gasteiger partial charge < -0.3 is 10.2 Å². The molecule has 1 unspecified atom stereocenters. The van der Waals surface area contributed by atoms with Gasteiger partial charge in [0.25, 0.3) is 5.91 Å². The van der Waals surface area contributed by atoms with E-state index < -0.39 is 6.29 Å². The molecule has 1 aliphatic rings. The van der Waals surface area contributed by atoms with Crippen molar-refractivity contribution in [1.29, 1.82) is 0 Å². The molecule has 1 aromatic rings. The van der Waals surface area contributed by atoms with Gasteiger partial charge in [-0.25, -0.2) is 0 Å². The Bertz CT molecular complexity index is 428. The van der Waals surface area contributed by atoms with Gasteiger partial charge in [0.05, 0.1) is 0 Å². The Morgan fingerprint density at radius 3 is 2.71 bits per heavy atom. The van der Waals surface area contributed by atoms with Crippen molar-refractivity contribution in [2.75, 3.05) is 7.05 Å². The van der Waals surface area contributed by atoms with Crippen LogP contribution in [0, 0.1) is 0 Å². The van der Waals surface area contributed by atoms with E-state index in [-0.39, 0.29) is 5.91 Å². The smallest absolute Gasteiger partial charge is 0.251 e. The number of carbonyl (C=O) groups excluding carboxylic acids is 1. The van der Waals surface area contributed by atoms with E-state index in [4.69, 9.17) is 5.73 Å². The topological polar surface area (TPSA) is 58.4 Å². The normalized spacial score (nSPS) is 19.9. The summed E-state index contributed by atoms with van der Waals surface area (Å²) in [4.78, 5) is 13.5. The van der Waals surface area contributed by atoms with Crippen LogP contribution in [0.15, 0.2) is 42.1 Å². The first kappa shape index (κ1) is 11.7. The number of aryl methyl sites for hydroxylation is 1. The minimum atomic E-state index is -0.414. The summed E-state index contributed by atoms with van der Waals surface area (Å²) in [5, 5.41) is 2.71. The lowest BCUT2D eigenvalue weighted by atomic mass is 10.0. The molecule has 0 aromatic heterocycles. The van der Waals surface area contributed by atoms with E-state index in [1.807, 2.05) is 36.3 Å². The van der Waals surface area contributed by atoms with Gasteiger partial charge in [-0.3, -0.25) is 10.5 Å². The molecule has 1 atom stereocenters. The maximum Gasteiger partial charge on any atom is 0.251 e. The lowest BCUT2D eigenvalue weighted by molar-refractivity contribution is -0.120. The summed E-state index contributed by atoms with van der Waals surface area (Å²) in [7, 11) is 1.85. The van der Waals surface area contributed by atoms with Crippen LogP contribution < -0.4 is 11.1 Å². The lowest BCUT2D eigenvalue weighted by Gasteiger charge is -2.29. The second kappa shape index (κ2) is 5.01. The fourth-order valence-electron chi connectivity index (χ4n) is 1.82. The molecule has 1 heterocycles. The predicted octanol–water partition coefficient (Wildman–Crippen LogP) is 0.807. The number of nitrogens with two attached hydrogens (primary N) is 1. The molecule has 17 heavy (non-hydrogen) atoms. The number of rotatable bonds is 3. The summed E-state index contributed by atoms with van der Waals surface area (Å²) in [6, 6.07) is 10.1. The number of hydrogen-bond donors (Lipinski definition) is 2. The van der Waals surface area contributed by atoms with Crippen LogP contribution in [0.4, 0.5) is 0 Å². The van der Waals surface area contributed by atoms with Crippen molar-refractivity contribution < 1.29 is 4.79 Å². The van der Waals surface area contributed by atoms with E-state index in [1.54, 1.807) is 0 Å². The van der Waals surface area contributed by atoms with E-state index in [0.29, 0.717) is 0 Å². The fourth-order valence-corrected chi connectivity index (χ4v) is 1.82.